The van der Waals surface area contributed by atoms with Crippen molar-refractivity contribution in [3.63, 3.8) is 0 Å². The molecule has 1 aliphatic carbocycles. The van der Waals surface area contributed by atoms with Crippen LogP contribution in [0.25, 0.3) is 0 Å². The first-order valence-corrected chi connectivity index (χ1v) is 5.31. The van der Waals surface area contributed by atoms with Crippen LogP contribution in [0.15, 0.2) is 6.20 Å². The topological polar surface area (TPSA) is 42.7 Å². The summed E-state index contributed by atoms with van der Waals surface area (Å²) in [5, 5.41) is 11.2. The van der Waals surface area contributed by atoms with Crippen LogP contribution in [0.3, 0.4) is 0 Å². The lowest BCUT2D eigenvalue weighted by atomic mass is 10.1. The van der Waals surface area contributed by atoms with Crippen LogP contribution < -0.4 is 5.32 Å². The van der Waals surface area contributed by atoms with Crippen molar-refractivity contribution in [3.8, 4) is 0 Å². The SMILES string of the molecule is CC(CNCc1cnnn1C)C1CC1. The van der Waals surface area contributed by atoms with Crippen LogP contribution in [0.4, 0.5) is 0 Å². The van der Waals surface area contributed by atoms with Crippen molar-refractivity contribution in [2.45, 2.75) is 26.3 Å². The third-order valence-corrected chi connectivity index (χ3v) is 3.01. The van der Waals surface area contributed by atoms with Gasteiger partial charge in [0.15, 0.2) is 0 Å². The van der Waals surface area contributed by atoms with Gasteiger partial charge in [-0.2, -0.15) is 0 Å². The Morgan fingerprint density at radius 2 is 2.43 bits per heavy atom. The quantitative estimate of drug-likeness (QED) is 0.759. The normalized spacial score (nSPS) is 18.4. The second-order valence-corrected chi connectivity index (χ2v) is 4.29. The second-order valence-electron chi connectivity index (χ2n) is 4.29. The minimum Gasteiger partial charge on any atom is -0.311 e. The summed E-state index contributed by atoms with van der Waals surface area (Å²) < 4.78 is 1.81. The average Bonchev–Trinajstić information content (AvgIpc) is 2.93. The fourth-order valence-corrected chi connectivity index (χ4v) is 1.73. The van der Waals surface area contributed by atoms with Crippen LogP contribution in [0, 0.1) is 11.8 Å². The summed E-state index contributed by atoms with van der Waals surface area (Å²) in [6.07, 6.45) is 4.67. The molecular formula is C10H18N4. The second kappa shape index (κ2) is 4.09. The van der Waals surface area contributed by atoms with E-state index >= 15 is 0 Å². The van der Waals surface area contributed by atoms with Crippen molar-refractivity contribution in [2.75, 3.05) is 6.54 Å². The standard InChI is InChI=1S/C10H18N4/c1-8(9-3-4-9)5-11-6-10-7-12-13-14(10)2/h7-9,11H,3-6H2,1-2H3. The molecule has 1 aromatic heterocycles. The van der Waals surface area contributed by atoms with Gasteiger partial charge in [0.25, 0.3) is 0 Å². The Morgan fingerprint density at radius 3 is 3.00 bits per heavy atom. The number of aryl methyl sites for hydroxylation is 1. The molecule has 0 radical (unpaired) electrons. The van der Waals surface area contributed by atoms with Crippen molar-refractivity contribution in [1.82, 2.24) is 20.3 Å². The molecule has 14 heavy (non-hydrogen) atoms. The van der Waals surface area contributed by atoms with Crippen molar-refractivity contribution in [2.24, 2.45) is 18.9 Å². The van der Waals surface area contributed by atoms with Crippen molar-refractivity contribution < 1.29 is 0 Å². The van der Waals surface area contributed by atoms with E-state index in [9.17, 15) is 0 Å². The molecule has 4 nitrogen and oxygen atoms in total. The molecule has 2 rings (SSSR count). The van der Waals surface area contributed by atoms with Gasteiger partial charge < -0.3 is 5.32 Å². The summed E-state index contributed by atoms with van der Waals surface area (Å²) in [6.45, 7) is 4.31. The van der Waals surface area contributed by atoms with Crippen molar-refractivity contribution >= 4 is 0 Å². The van der Waals surface area contributed by atoms with Gasteiger partial charge in [0.2, 0.25) is 0 Å². The average molecular weight is 194 g/mol. The predicted octanol–water partition coefficient (Wildman–Crippen LogP) is 0.951. The van der Waals surface area contributed by atoms with E-state index in [0.717, 1.165) is 30.6 Å². The molecule has 1 aromatic rings. The van der Waals surface area contributed by atoms with Crippen LogP contribution in [0.1, 0.15) is 25.5 Å². The van der Waals surface area contributed by atoms with Gasteiger partial charge in [-0.3, -0.25) is 4.68 Å². The van der Waals surface area contributed by atoms with Gasteiger partial charge in [0, 0.05) is 13.6 Å². The van der Waals surface area contributed by atoms with Crippen LogP contribution in [-0.2, 0) is 13.6 Å². The van der Waals surface area contributed by atoms with E-state index in [-0.39, 0.29) is 0 Å². The van der Waals surface area contributed by atoms with Gasteiger partial charge in [-0.1, -0.05) is 12.1 Å². The largest absolute Gasteiger partial charge is 0.311 e. The molecule has 0 spiro atoms. The Labute approximate surface area is 84.7 Å². The van der Waals surface area contributed by atoms with Gasteiger partial charge >= 0.3 is 0 Å². The van der Waals surface area contributed by atoms with E-state index in [0.29, 0.717) is 0 Å². The highest BCUT2D eigenvalue weighted by atomic mass is 15.4. The molecule has 1 unspecified atom stereocenters. The minimum absolute atomic E-state index is 0.816. The Morgan fingerprint density at radius 1 is 1.64 bits per heavy atom. The molecule has 0 bridgehead atoms. The van der Waals surface area contributed by atoms with Gasteiger partial charge in [-0.25, -0.2) is 0 Å². The Balaban J connectivity index is 1.69. The Hall–Kier alpha value is -0.900. The van der Waals surface area contributed by atoms with E-state index in [2.05, 4.69) is 22.6 Å². The van der Waals surface area contributed by atoms with E-state index < -0.39 is 0 Å². The lowest BCUT2D eigenvalue weighted by Crippen LogP contribution is -2.23. The third kappa shape index (κ3) is 2.32. The van der Waals surface area contributed by atoms with E-state index in [4.69, 9.17) is 0 Å². The molecule has 1 fully saturated rings. The Bertz CT molecular complexity index is 290. The number of rotatable bonds is 5. The molecule has 1 heterocycles. The molecule has 0 saturated heterocycles. The first-order valence-electron chi connectivity index (χ1n) is 5.31. The first-order chi connectivity index (χ1) is 6.77. The van der Waals surface area contributed by atoms with E-state index in [1.54, 1.807) is 0 Å². The highest BCUT2D eigenvalue weighted by Crippen LogP contribution is 2.36. The van der Waals surface area contributed by atoms with Gasteiger partial charge in [-0.15, -0.1) is 5.10 Å². The molecule has 4 heteroatoms. The zero-order valence-corrected chi connectivity index (χ0v) is 8.90. The maximum absolute atomic E-state index is 3.89. The van der Waals surface area contributed by atoms with Crippen LogP contribution in [0.2, 0.25) is 0 Å². The zero-order valence-electron chi connectivity index (χ0n) is 8.90. The Kier molecular flexibility index (Phi) is 2.82. The summed E-state index contributed by atoms with van der Waals surface area (Å²) in [7, 11) is 1.92. The molecular weight excluding hydrogens is 176 g/mol. The van der Waals surface area contributed by atoms with Crippen LogP contribution >= 0.6 is 0 Å². The highest BCUT2D eigenvalue weighted by Gasteiger charge is 2.27. The molecule has 1 N–H and O–H groups in total. The predicted molar refractivity (Wildman–Crippen MR) is 54.6 cm³/mol. The molecule has 1 aliphatic rings. The third-order valence-electron chi connectivity index (χ3n) is 3.01. The maximum Gasteiger partial charge on any atom is 0.0738 e. The van der Waals surface area contributed by atoms with Crippen molar-refractivity contribution in [1.29, 1.82) is 0 Å². The minimum atomic E-state index is 0.816. The monoisotopic (exact) mass is 194 g/mol. The first kappa shape index (κ1) is 9.65. The molecule has 0 amide bonds. The molecule has 78 valence electrons. The molecule has 0 aromatic carbocycles. The van der Waals surface area contributed by atoms with Crippen LogP contribution in [-0.4, -0.2) is 21.5 Å². The number of nitrogens with zero attached hydrogens (tertiary/aromatic N) is 3. The highest BCUT2D eigenvalue weighted by molar-refractivity contribution is 4.92. The van der Waals surface area contributed by atoms with E-state index in [1.807, 2.05) is 17.9 Å². The zero-order chi connectivity index (χ0) is 9.97. The molecule has 0 aliphatic heterocycles. The summed E-state index contributed by atoms with van der Waals surface area (Å²) in [4.78, 5) is 0. The summed E-state index contributed by atoms with van der Waals surface area (Å²) in [6, 6.07) is 0. The summed E-state index contributed by atoms with van der Waals surface area (Å²) >= 11 is 0. The van der Waals surface area contributed by atoms with Gasteiger partial charge in [0.05, 0.1) is 11.9 Å². The van der Waals surface area contributed by atoms with Crippen molar-refractivity contribution in [3.05, 3.63) is 11.9 Å². The summed E-state index contributed by atoms with van der Waals surface area (Å²) in [5.74, 6) is 1.79. The fraction of sp³-hybridized carbons (Fsp3) is 0.800. The number of nitrogens with one attached hydrogen (secondary N) is 1. The van der Waals surface area contributed by atoms with E-state index in [1.165, 1.54) is 12.8 Å². The van der Waals surface area contributed by atoms with Gasteiger partial charge in [-0.05, 0) is 31.2 Å². The number of aromatic nitrogens is 3. The smallest absolute Gasteiger partial charge is 0.0738 e. The maximum atomic E-state index is 3.89. The molecule has 1 atom stereocenters. The fourth-order valence-electron chi connectivity index (χ4n) is 1.73. The lowest BCUT2D eigenvalue weighted by molar-refractivity contribution is 0.456. The summed E-state index contributed by atoms with van der Waals surface area (Å²) in [5.41, 5.74) is 1.15. The lowest BCUT2D eigenvalue weighted by Gasteiger charge is -2.10. The van der Waals surface area contributed by atoms with Gasteiger partial charge in [0.1, 0.15) is 0 Å². The van der Waals surface area contributed by atoms with Crippen LogP contribution in [0.5, 0.6) is 0 Å². The number of hydrogen-bond acceptors (Lipinski definition) is 3. The number of hydrogen-bond donors (Lipinski definition) is 1. The molecule has 1 saturated carbocycles.